The summed E-state index contributed by atoms with van der Waals surface area (Å²) in [7, 11) is 2.00. The summed E-state index contributed by atoms with van der Waals surface area (Å²) in [5.74, 6) is 5.73. The molecule has 4 heteroatoms. The number of aryl methyl sites for hydroxylation is 1. The zero-order valence-corrected chi connectivity index (χ0v) is 13.3. The van der Waals surface area contributed by atoms with Crippen molar-refractivity contribution in [3.05, 3.63) is 30.0 Å². The van der Waals surface area contributed by atoms with E-state index in [-0.39, 0.29) is 0 Å². The van der Waals surface area contributed by atoms with Crippen LogP contribution in [0.4, 0.5) is 0 Å². The van der Waals surface area contributed by atoms with Crippen molar-refractivity contribution < 1.29 is 0 Å². The van der Waals surface area contributed by atoms with Crippen LogP contribution in [0, 0.1) is 0 Å². The molecule has 2 rings (SSSR count). The minimum Gasteiger partial charge on any atom is -0.271 e. The summed E-state index contributed by atoms with van der Waals surface area (Å²) in [5, 5.41) is 5.90. The van der Waals surface area contributed by atoms with E-state index in [0.29, 0.717) is 6.04 Å². The van der Waals surface area contributed by atoms with Gasteiger partial charge in [0.15, 0.2) is 0 Å². The predicted molar refractivity (Wildman–Crippen MR) is 88.9 cm³/mol. The van der Waals surface area contributed by atoms with Gasteiger partial charge in [-0.3, -0.25) is 16.0 Å². The molecule has 1 heterocycles. The highest BCUT2D eigenvalue weighted by Gasteiger charge is 2.13. The molecule has 21 heavy (non-hydrogen) atoms. The second-order valence-electron chi connectivity index (χ2n) is 5.86. The molecule has 1 unspecified atom stereocenters. The van der Waals surface area contributed by atoms with Crippen molar-refractivity contribution in [2.24, 2.45) is 12.9 Å². The Labute approximate surface area is 127 Å². The first kappa shape index (κ1) is 16.0. The van der Waals surface area contributed by atoms with Crippen LogP contribution in [0.1, 0.15) is 51.1 Å². The van der Waals surface area contributed by atoms with E-state index < -0.39 is 0 Å². The Morgan fingerprint density at radius 2 is 1.95 bits per heavy atom. The van der Waals surface area contributed by atoms with Gasteiger partial charge in [0.2, 0.25) is 0 Å². The molecule has 0 saturated carbocycles. The minimum atomic E-state index is 0.310. The van der Waals surface area contributed by atoms with E-state index in [1.54, 1.807) is 0 Å². The van der Waals surface area contributed by atoms with E-state index in [9.17, 15) is 0 Å². The molecule has 1 atom stereocenters. The van der Waals surface area contributed by atoms with Crippen LogP contribution in [-0.4, -0.2) is 15.8 Å². The first-order valence-electron chi connectivity index (χ1n) is 8.13. The fraction of sp³-hybridized carbons (Fsp3) is 0.588. The number of fused-ring (bicyclic) bond motifs is 1. The highest BCUT2D eigenvalue weighted by molar-refractivity contribution is 5.81. The van der Waals surface area contributed by atoms with Crippen LogP contribution in [-0.2, 0) is 13.5 Å². The first-order valence-corrected chi connectivity index (χ1v) is 8.13. The summed E-state index contributed by atoms with van der Waals surface area (Å²) >= 11 is 0. The highest BCUT2D eigenvalue weighted by Crippen LogP contribution is 2.20. The molecule has 0 aliphatic carbocycles. The number of para-hydroxylation sites is 1. The Bertz CT molecular complexity index is 547. The molecular formula is C17H28N4. The molecule has 0 bridgehead atoms. The van der Waals surface area contributed by atoms with Crippen LogP contribution in [0.25, 0.3) is 10.9 Å². The Hall–Kier alpha value is -1.39. The van der Waals surface area contributed by atoms with Crippen molar-refractivity contribution in [1.29, 1.82) is 0 Å². The van der Waals surface area contributed by atoms with E-state index in [4.69, 9.17) is 5.84 Å². The number of hydrazine groups is 1. The number of hydrogen-bond acceptors (Lipinski definition) is 3. The maximum atomic E-state index is 5.73. The second kappa shape index (κ2) is 8.15. The van der Waals surface area contributed by atoms with E-state index >= 15 is 0 Å². The molecular weight excluding hydrogens is 260 g/mol. The second-order valence-corrected chi connectivity index (χ2v) is 5.86. The van der Waals surface area contributed by atoms with Crippen molar-refractivity contribution in [1.82, 2.24) is 15.2 Å². The summed E-state index contributed by atoms with van der Waals surface area (Å²) in [6.07, 6.45) is 8.51. The molecule has 1 aromatic carbocycles. The molecule has 0 amide bonds. The Balaban J connectivity index is 1.94. The quantitative estimate of drug-likeness (QED) is 0.423. The van der Waals surface area contributed by atoms with Crippen LogP contribution < -0.4 is 11.3 Å². The number of aromatic nitrogens is 2. The van der Waals surface area contributed by atoms with E-state index in [0.717, 1.165) is 18.5 Å². The molecule has 116 valence electrons. The van der Waals surface area contributed by atoms with Crippen LogP contribution >= 0.6 is 0 Å². The van der Waals surface area contributed by atoms with Gasteiger partial charge in [0.25, 0.3) is 0 Å². The third-order valence-electron chi connectivity index (χ3n) is 4.17. The van der Waals surface area contributed by atoms with Crippen molar-refractivity contribution in [2.75, 3.05) is 0 Å². The molecule has 0 radical (unpaired) electrons. The lowest BCUT2D eigenvalue weighted by Crippen LogP contribution is -2.36. The Morgan fingerprint density at radius 1 is 1.19 bits per heavy atom. The lowest BCUT2D eigenvalue weighted by atomic mass is 10.0. The fourth-order valence-electron chi connectivity index (χ4n) is 2.91. The number of rotatable bonds is 9. The molecule has 0 aliphatic rings. The Kier molecular flexibility index (Phi) is 6.21. The average molecular weight is 288 g/mol. The molecule has 0 spiro atoms. The zero-order valence-electron chi connectivity index (χ0n) is 13.3. The number of benzene rings is 1. The van der Waals surface area contributed by atoms with Crippen molar-refractivity contribution in [3.8, 4) is 0 Å². The van der Waals surface area contributed by atoms with Gasteiger partial charge in [-0.25, -0.2) is 0 Å². The van der Waals surface area contributed by atoms with Gasteiger partial charge in [0.05, 0.1) is 11.2 Å². The van der Waals surface area contributed by atoms with E-state index in [2.05, 4.69) is 41.7 Å². The lowest BCUT2D eigenvalue weighted by Gasteiger charge is -2.14. The SMILES string of the molecule is CCCCCCCC(Cc1nn(C)c2ccccc12)NN. The van der Waals surface area contributed by atoms with Crippen LogP contribution in [0.15, 0.2) is 24.3 Å². The number of unbranched alkanes of at least 4 members (excludes halogenated alkanes) is 4. The number of hydrogen-bond donors (Lipinski definition) is 2. The van der Waals surface area contributed by atoms with Gasteiger partial charge in [-0.1, -0.05) is 57.2 Å². The van der Waals surface area contributed by atoms with E-state index in [1.165, 1.54) is 43.0 Å². The molecule has 2 aromatic rings. The largest absolute Gasteiger partial charge is 0.271 e. The van der Waals surface area contributed by atoms with E-state index in [1.807, 2.05) is 11.7 Å². The van der Waals surface area contributed by atoms with Crippen LogP contribution in [0.5, 0.6) is 0 Å². The maximum Gasteiger partial charge on any atom is 0.0719 e. The first-order chi connectivity index (χ1) is 10.3. The van der Waals surface area contributed by atoms with Crippen molar-refractivity contribution in [2.45, 2.75) is 57.9 Å². The normalized spacial score (nSPS) is 12.9. The average Bonchev–Trinajstić information content (AvgIpc) is 2.82. The molecule has 0 saturated heterocycles. The van der Waals surface area contributed by atoms with Crippen LogP contribution in [0.3, 0.4) is 0 Å². The number of nitrogens with two attached hydrogens (primary N) is 1. The standard InChI is InChI=1S/C17H28N4/c1-3-4-5-6-7-10-14(19-18)13-16-15-11-8-9-12-17(15)21(2)20-16/h8-9,11-12,14,19H,3-7,10,13,18H2,1-2H3. The summed E-state index contributed by atoms with van der Waals surface area (Å²) in [4.78, 5) is 0. The van der Waals surface area contributed by atoms with Gasteiger partial charge < -0.3 is 0 Å². The van der Waals surface area contributed by atoms with Crippen molar-refractivity contribution >= 4 is 10.9 Å². The predicted octanol–water partition coefficient (Wildman–Crippen LogP) is 3.31. The molecule has 1 aromatic heterocycles. The van der Waals surface area contributed by atoms with Gasteiger partial charge in [-0.05, 0) is 12.5 Å². The third kappa shape index (κ3) is 4.29. The summed E-state index contributed by atoms with van der Waals surface area (Å²) < 4.78 is 1.96. The Morgan fingerprint density at radius 3 is 2.71 bits per heavy atom. The van der Waals surface area contributed by atoms with Gasteiger partial charge >= 0.3 is 0 Å². The summed E-state index contributed by atoms with van der Waals surface area (Å²) in [6.45, 7) is 2.25. The maximum absolute atomic E-state index is 5.73. The fourth-order valence-corrected chi connectivity index (χ4v) is 2.91. The van der Waals surface area contributed by atoms with Gasteiger partial charge in [-0.2, -0.15) is 5.10 Å². The lowest BCUT2D eigenvalue weighted by molar-refractivity contribution is 0.457. The molecule has 0 aliphatic heterocycles. The smallest absolute Gasteiger partial charge is 0.0719 e. The molecule has 3 N–H and O–H groups in total. The van der Waals surface area contributed by atoms with Gasteiger partial charge in [-0.15, -0.1) is 0 Å². The summed E-state index contributed by atoms with van der Waals surface area (Å²) in [5.41, 5.74) is 5.30. The number of nitrogens with zero attached hydrogens (tertiary/aromatic N) is 2. The van der Waals surface area contributed by atoms with Gasteiger partial charge in [0.1, 0.15) is 0 Å². The van der Waals surface area contributed by atoms with Crippen molar-refractivity contribution in [3.63, 3.8) is 0 Å². The number of nitrogens with one attached hydrogen (secondary N) is 1. The van der Waals surface area contributed by atoms with Gasteiger partial charge in [0, 0.05) is 24.9 Å². The molecule has 0 fully saturated rings. The minimum absolute atomic E-state index is 0.310. The molecule has 4 nitrogen and oxygen atoms in total. The monoisotopic (exact) mass is 288 g/mol. The third-order valence-corrected chi connectivity index (χ3v) is 4.17. The highest BCUT2D eigenvalue weighted by atomic mass is 15.3. The zero-order chi connectivity index (χ0) is 15.1. The topological polar surface area (TPSA) is 55.9 Å². The summed E-state index contributed by atoms with van der Waals surface area (Å²) in [6, 6.07) is 8.70. The van der Waals surface area contributed by atoms with Crippen LogP contribution in [0.2, 0.25) is 0 Å².